The van der Waals surface area contributed by atoms with Gasteiger partial charge in [0.05, 0.1) is 12.7 Å². The Morgan fingerprint density at radius 3 is 2.54 bits per heavy atom. The summed E-state index contributed by atoms with van der Waals surface area (Å²) in [5.74, 6) is -1.13. The lowest BCUT2D eigenvalue weighted by atomic mass is 10.1. The number of carbonyl (C=O) groups is 1. The number of ether oxygens (including phenoxy) is 1. The van der Waals surface area contributed by atoms with E-state index in [0.29, 0.717) is 17.3 Å². The highest BCUT2D eigenvalue weighted by Crippen LogP contribution is 2.36. The van der Waals surface area contributed by atoms with E-state index in [1.165, 1.54) is 12.1 Å². The first-order valence-electron chi connectivity index (χ1n) is 7.32. The summed E-state index contributed by atoms with van der Waals surface area (Å²) in [7, 11) is 1.12. The third-order valence-electron chi connectivity index (χ3n) is 3.49. The molecule has 6 nitrogen and oxygen atoms in total. The molecule has 134 valence electrons. The number of carbonyl (C=O) groups excluding carboxylic acids is 1. The molecule has 1 amide bonds. The average molecular weight is 363 g/mol. The lowest BCUT2D eigenvalue weighted by Gasteiger charge is -2.13. The summed E-state index contributed by atoms with van der Waals surface area (Å²) in [6.07, 6.45) is -1.51. The van der Waals surface area contributed by atoms with Crippen LogP contribution in [0.25, 0.3) is 11.3 Å². The number of nitrogens with zero attached hydrogens (tertiary/aromatic N) is 2. The van der Waals surface area contributed by atoms with Gasteiger partial charge in [-0.25, -0.2) is 0 Å². The molecular formula is C17H12F3N3O3. The molecule has 0 aliphatic rings. The molecule has 0 aliphatic carbocycles. The molecule has 0 saturated heterocycles. The van der Waals surface area contributed by atoms with Gasteiger partial charge in [0, 0.05) is 29.6 Å². The number of aromatic nitrogens is 2. The zero-order valence-electron chi connectivity index (χ0n) is 13.4. The van der Waals surface area contributed by atoms with E-state index < -0.39 is 17.6 Å². The van der Waals surface area contributed by atoms with Crippen LogP contribution in [0, 0.1) is 0 Å². The molecule has 1 N–H and O–H groups in total. The molecule has 3 aromatic rings. The summed E-state index contributed by atoms with van der Waals surface area (Å²) in [5.41, 5.74) is -0.0656. The highest BCUT2D eigenvalue weighted by Gasteiger charge is 2.35. The van der Waals surface area contributed by atoms with Crippen molar-refractivity contribution in [2.24, 2.45) is 0 Å². The monoisotopic (exact) mass is 363 g/mol. The van der Waals surface area contributed by atoms with Crippen LogP contribution < -0.4 is 10.1 Å². The van der Waals surface area contributed by atoms with Crippen LogP contribution in [0.5, 0.6) is 5.75 Å². The molecular weight excluding hydrogens is 351 g/mol. The molecule has 0 bridgehead atoms. The molecule has 0 atom stereocenters. The number of alkyl halides is 3. The number of nitrogens with one attached hydrogen (secondary N) is 1. The standard InChI is InChI=1S/C17H12F3N3O3/c1-25-14-3-2-11(8-12(14)17(18,19)20)16(24)22-15-9-13(23-26-15)10-4-6-21-7-5-10/h2-9H,1H3,(H,22,24). The fourth-order valence-corrected chi connectivity index (χ4v) is 2.25. The second kappa shape index (κ2) is 6.87. The molecule has 3 rings (SSSR count). The highest BCUT2D eigenvalue weighted by atomic mass is 19.4. The van der Waals surface area contributed by atoms with Gasteiger partial charge in [0.15, 0.2) is 0 Å². The van der Waals surface area contributed by atoms with Crippen LogP contribution in [0.3, 0.4) is 0 Å². The zero-order chi connectivity index (χ0) is 18.7. The minimum Gasteiger partial charge on any atom is -0.496 e. The molecule has 0 fully saturated rings. The molecule has 1 aromatic carbocycles. The van der Waals surface area contributed by atoms with Gasteiger partial charge >= 0.3 is 6.18 Å². The summed E-state index contributed by atoms with van der Waals surface area (Å²) >= 11 is 0. The van der Waals surface area contributed by atoms with Crippen LogP contribution in [0.2, 0.25) is 0 Å². The highest BCUT2D eigenvalue weighted by molar-refractivity contribution is 6.04. The molecule has 2 heterocycles. The zero-order valence-corrected chi connectivity index (χ0v) is 13.4. The van der Waals surface area contributed by atoms with Gasteiger partial charge in [0.2, 0.25) is 5.88 Å². The van der Waals surface area contributed by atoms with Crippen molar-refractivity contribution in [3.8, 4) is 17.0 Å². The van der Waals surface area contributed by atoms with Gasteiger partial charge in [-0.2, -0.15) is 13.2 Å². The van der Waals surface area contributed by atoms with Gasteiger partial charge in [-0.3, -0.25) is 15.1 Å². The topological polar surface area (TPSA) is 77.2 Å². The van der Waals surface area contributed by atoms with Crippen LogP contribution in [-0.4, -0.2) is 23.2 Å². The van der Waals surface area contributed by atoms with Crippen LogP contribution in [0.15, 0.2) is 53.3 Å². The number of hydrogen-bond donors (Lipinski definition) is 1. The van der Waals surface area contributed by atoms with Crippen molar-refractivity contribution in [3.63, 3.8) is 0 Å². The van der Waals surface area contributed by atoms with E-state index in [4.69, 9.17) is 9.26 Å². The normalized spacial score (nSPS) is 11.2. The van der Waals surface area contributed by atoms with Crippen molar-refractivity contribution in [1.29, 1.82) is 0 Å². The molecule has 0 unspecified atom stereocenters. The molecule has 0 radical (unpaired) electrons. The Labute approximate surface area is 145 Å². The minimum absolute atomic E-state index is 0.00573. The van der Waals surface area contributed by atoms with Crippen molar-refractivity contribution < 1.29 is 27.2 Å². The van der Waals surface area contributed by atoms with Crippen LogP contribution in [-0.2, 0) is 6.18 Å². The maximum Gasteiger partial charge on any atom is 0.419 e. The SMILES string of the molecule is COc1ccc(C(=O)Nc2cc(-c3ccncc3)no2)cc1C(F)(F)F. The number of methoxy groups -OCH3 is 1. The Morgan fingerprint density at radius 2 is 1.88 bits per heavy atom. The predicted octanol–water partition coefficient (Wildman–Crippen LogP) is 4.02. The van der Waals surface area contributed by atoms with Crippen molar-refractivity contribution >= 4 is 11.8 Å². The van der Waals surface area contributed by atoms with E-state index in [0.717, 1.165) is 13.2 Å². The predicted molar refractivity (Wildman–Crippen MR) is 85.7 cm³/mol. The van der Waals surface area contributed by atoms with Crippen molar-refractivity contribution in [3.05, 3.63) is 59.9 Å². The van der Waals surface area contributed by atoms with E-state index >= 15 is 0 Å². The molecule has 2 aromatic heterocycles. The van der Waals surface area contributed by atoms with E-state index in [1.54, 1.807) is 24.5 Å². The molecule has 0 saturated carbocycles. The first kappa shape index (κ1) is 17.5. The first-order chi connectivity index (χ1) is 12.4. The van der Waals surface area contributed by atoms with E-state index in [-0.39, 0.29) is 17.2 Å². The number of rotatable bonds is 4. The lowest BCUT2D eigenvalue weighted by molar-refractivity contribution is -0.138. The number of pyridine rings is 1. The van der Waals surface area contributed by atoms with E-state index in [2.05, 4.69) is 15.5 Å². The fourth-order valence-electron chi connectivity index (χ4n) is 2.25. The van der Waals surface area contributed by atoms with Crippen molar-refractivity contribution in [2.45, 2.75) is 6.18 Å². The number of halogens is 3. The number of benzene rings is 1. The van der Waals surface area contributed by atoms with Crippen molar-refractivity contribution in [2.75, 3.05) is 12.4 Å². The fraction of sp³-hybridized carbons (Fsp3) is 0.118. The lowest BCUT2D eigenvalue weighted by Crippen LogP contribution is -2.14. The number of hydrogen-bond acceptors (Lipinski definition) is 5. The molecule has 0 spiro atoms. The average Bonchev–Trinajstić information content (AvgIpc) is 3.09. The van der Waals surface area contributed by atoms with Gasteiger partial charge in [-0.1, -0.05) is 5.16 Å². The van der Waals surface area contributed by atoms with Crippen molar-refractivity contribution in [1.82, 2.24) is 10.1 Å². The molecule has 26 heavy (non-hydrogen) atoms. The third-order valence-corrected chi connectivity index (χ3v) is 3.49. The quantitative estimate of drug-likeness (QED) is 0.758. The van der Waals surface area contributed by atoms with Gasteiger partial charge in [-0.05, 0) is 30.3 Å². The first-order valence-corrected chi connectivity index (χ1v) is 7.32. The van der Waals surface area contributed by atoms with Gasteiger partial charge < -0.3 is 9.26 Å². The molecule has 0 aliphatic heterocycles. The van der Waals surface area contributed by atoms with Gasteiger partial charge in [0.25, 0.3) is 5.91 Å². The van der Waals surface area contributed by atoms with Crippen LogP contribution in [0.4, 0.5) is 19.1 Å². The Bertz CT molecular complexity index is 924. The smallest absolute Gasteiger partial charge is 0.419 e. The Hall–Kier alpha value is -3.36. The third kappa shape index (κ3) is 3.66. The Morgan fingerprint density at radius 1 is 1.15 bits per heavy atom. The van der Waals surface area contributed by atoms with Crippen LogP contribution in [0.1, 0.15) is 15.9 Å². The largest absolute Gasteiger partial charge is 0.496 e. The second-order valence-electron chi connectivity index (χ2n) is 5.18. The number of anilines is 1. The second-order valence-corrected chi connectivity index (χ2v) is 5.18. The van der Waals surface area contributed by atoms with Crippen LogP contribution >= 0.6 is 0 Å². The summed E-state index contributed by atoms with van der Waals surface area (Å²) in [4.78, 5) is 16.1. The summed E-state index contributed by atoms with van der Waals surface area (Å²) in [6.45, 7) is 0. The Balaban J connectivity index is 1.82. The maximum absolute atomic E-state index is 13.1. The maximum atomic E-state index is 13.1. The number of amides is 1. The summed E-state index contributed by atoms with van der Waals surface area (Å²) in [6, 6.07) is 7.88. The van der Waals surface area contributed by atoms with Gasteiger partial charge in [0.1, 0.15) is 11.4 Å². The minimum atomic E-state index is -4.65. The van der Waals surface area contributed by atoms with E-state index in [9.17, 15) is 18.0 Å². The molecule has 9 heteroatoms. The summed E-state index contributed by atoms with van der Waals surface area (Å²) < 4.78 is 48.9. The summed E-state index contributed by atoms with van der Waals surface area (Å²) in [5, 5.41) is 6.17. The Kier molecular flexibility index (Phi) is 4.61. The van der Waals surface area contributed by atoms with Gasteiger partial charge in [-0.15, -0.1) is 0 Å². The van der Waals surface area contributed by atoms with E-state index in [1.807, 2.05) is 0 Å².